The van der Waals surface area contributed by atoms with Gasteiger partial charge in [-0.25, -0.2) is 9.97 Å². The van der Waals surface area contributed by atoms with Crippen molar-refractivity contribution in [1.82, 2.24) is 9.97 Å². The summed E-state index contributed by atoms with van der Waals surface area (Å²) in [4.78, 5) is 10.7. The lowest BCUT2D eigenvalue weighted by molar-refractivity contribution is 0.190. The van der Waals surface area contributed by atoms with Gasteiger partial charge in [0.05, 0.1) is 13.2 Å². The number of hydrogen-bond acceptors (Lipinski definition) is 7. The third-order valence-corrected chi connectivity index (χ3v) is 3.99. The van der Waals surface area contributed by atoms with Gasteiger partial charge in [0.2, 0.25) is 0 Å². The number of nitrogens with two attached hydrogens (primary N) is 1. The molecule has 7 nitrogen and oxygen atoms in total. The van der Waals surface area contributed by atoms with Crippen molar-refractivity contribution in [2.24, 2.45) is 0 Å². The highest BCUT2D eigenvalue weighted by molar-refractivity contribution is 5.75. The molecule has 0 bridgehead atoms. The van der Waals surface area contributed by atoms with Crippen molar-refractivity contribution in [3.8, 4) is 0 Å². The van der Waals surface area contributed by atoms with Gasteiger partial charge in [-0.1, -0.05) is 12.8 Å². The first-order valence-corrected chi connectivity index (χ1v) is 7.86. The number of nitrogens with zero attached hydrogens (tertiary/aromatic N) is 3. The zero-order valence-corrected chi connectivity index (χ0v) is 13.5. The van der Waals surface area contributed by atoms with Crippen molar-refractivity contribution in [2.75, 3.05) is 56.5 Å². The van der Waals surface area contributed by atoms with Crippen LogP contribution < -0.4 is 16.0 Å². The van der Waals surface area contributed by atoms with E-state index < -0.39 is 0 Å². The number of aromatic nitrogens is 2. The lowest BCUT2D eigenvalue weighted by Gasteiger charge is -2.25. The van der Waals surface area contributed by atoms with Crippen molar-refractivity contribution >= 4 is 17.3 Å². The fourth-order valence-electron chi connectivity index (χ4n) is 2.74. The summed E-state index contributed by atoms with van der Waals surface area (Å²) in [5.74, 6) is 1.47. The van der Waals surface area contributed by atoms with Gasteiger partial charge in [0.1, 0.15) is 12.0 Å². The third-order valence-electron chi connectivity index (χ3n) is 3.99. The Bertz CT molecular complexity index is 444. The molecule has 2 rings (SSSR count). The molecule has 0 radical (unpaired) electrons. The lowest BCUT2D eigenvalue weighted by atomic mass is 10.2. The Hall–Kier alpha value is -1.60. The van der Waals surface area contributed by atoms with E-state index in [0.29, 0.717) is 38.0 Å². The van der Waals surface area contributed by atoms with Gasteiger partial charge in [0.15, 0.2) is 11.6 Å². The number of methoxy groups -OCH3 is 2. The molecule has 0 amide bonds. The first-order valence-electron chi connectivity index (χ1n) is 7.86. The molecular formula is C15H27N5O2. The predicted octanol–water partition coefficient (Wildman–Crippen LogP) is 1.51. The zero-order chi connectivity index (χ0) is 15.8. The van der Waals surface area contributed by atoms with Gasteiger partial charge in [0, 0.05) is 33.4 Å². The Morgan fingerprint density at radius 2 is 1.82 bits per heavy atom. The number of hydrogen-bond donors (Lipinski definition) is 2. The van der Waals surface area contributed by atoms with Crippen LogP contribution in [0.1, 0.15) is 25.7 Å². The van der Waals surface area contributed by atoms with Gasteiger partial charge < -0.3 is 25.4 Å². The molecule has 0 atom stereocenters. The first kappa shape index (κ1) is 16.8. The summed E-state index contributed by atoms with van der Waals surface area (Å²) in [5, 5.41) is 3.45. The number of anilines is 3. The fraction of sp³-hybridized carbons (Fsp3) is 0.733. The Morgan fingerprint density at radius 1 is 1.18 bits per heavy atom. The van der Waals surface area contributed by atoms with E-state index in [1.807, 2.05) is 0 Å². The molecule has 1 fully saturated rings. The molecule has 0 unspecified atom stereocenters. The second-order valence-corrected chi connectivity index (χ2v) is 5.56. The van der Waals surface area contributed by atoms with Crippen LogP contribution in [0, 0.1) is 0 Å². The first-order chi connectivity index (χ1) is 10.8. The molecule has 0 spiro atoms. The summed E-state index contributed by atoms with van der Waals surface area (Å²) in [6, 6.07) is 0.469. The van der Waals surface area contributed by atoms with Crippen molar-refractivity contribution in [1.29, 1.82) is 0 Å². The third kappa shape index (κ3) is 4.45. The van der Waals surface area contributed by atoms with E-state index in [0.717, 1.165) is 11.6 Å². The van der Waals surface area contributed by atoms with E-state index >= 15 is 0 Å². The maximum atomic E-state index is 6.29. The van der Waals surface area contributed by atoms with Crippen molar-refractivity contribution in [3.05, 3.63) is 6.33 Å². The lowest BCUT2D eigenvalue weighted by Crippen LogP contribution is -2.32. The molecule has 1 heterocycles. The predicted molar refractivity (Wildman–Crippen MR) is 88.3 cm³/mol. The second-order valence-electron chi connectivity index (χ2n) is 5.56. The molecule has 0 aromatic carbocycles. The molecule has 124 valence electrons. The number of nitrogens with one attached hydrogen (secondary N) is 1. The average molecular weight is 309 g/mol. The van der Waals surface area contributed by atoms with E-state index in [-0.39, 0.29) is 0 Å². The average Bonchev–Trinajstić information content (AvgIpc) is 3.03. The number of rotatable bonds is 9. The van der Waals surface area contributed by atoms with E-state index in [9.17, 15) is 0 Å². The number of nitrogen functional groups attached to an aromatic ring is 1. The standard InChI is InChI=1S/C15H27N5O2/c1-21-9-7-20(8-10-22-2)15-13(16)14(17-11-18-15)19-12-5-3-4-6-12/h11-12H,3-10,16H2,1-2H3,(H,17,18,19). The summed E-state index contributed by atoms with van der Waals surface area (Å²) in [6.45, 7) is 2.64. The van der Waals surface area contributed by atoms with Gasteiger partial charge in [-0.3, -0.25) is 0 Å². The summed E-state index contributed by atoms with van der Waals surface area (Å²) in [6.07, 6.45) is 6.45. The minimum absolute atomic E-state index is 0.469. The van der Waals surface area contributed by atoms with E-state index in [4.69, 9.17) is 15.2 Å². The molecule has 0 saturated heterocycles. The monoisotopic (exact) mass is 309 g/mol. The Balaban J connectivity index is 2.12. The minimum atomic E-state index is 0.469. The molecule has 3 N–H and O–H groups in total. The van der Waals surface area contributed by atoms with Crippen LogP contribution in [0.4, 0.5) is 17.3 Å². The van der Waals surface area contributed by atoms with E-state index in [1.54, 1.807) is 20.5 Å². The quantitative estimate of drug-likeness (QED) is 0.715. The maximum Gasteiger partial charge on any atom is 0.157 e. The molecule has 1 aromatic heterocycles. The molecule has 22 heavy (non-hydrogen) atoms. The minimum Gasteiger partial charge on any atom is -0.393 e. The molecule has 1 saturated carbocycles. The van der Waals surface area contributed by atoms with Crippen LogP contribution in [0.25, 0.3) is 0 Å². The topological polar surface area (TPSA) is 85.5 Å². The van der Waals surface area contributed by atoms with Gasteiger partial charge in [-0.15, -0.1) is 0 Å². The van der Waals surface area contributed by atoms with Gasteiger partial charge in [-0.05, 0) is 12.8 Å². The largest absolute Gasteiger partial charge is 0.393 e. The summed E-state index contributed by atoms with van der Waals surface area (Å²) in [7, 11) is 3.37. The van der Waals surface area contributed by atoms with Gasteiger partial charge >= 0.3 is 0 Å². The van der Waals surface area contributed by atoms with Crippen LogP contribution in [0.5, 0.6) is 0 Å². The molecule has 7 heteroatoms. The summed E-state index contributed by atoms with van der Waals surface area (Å²) >= 11 is 0. The Kier molecular flexibility index (Phi) is 6.67. The Labute approximate surface area is 132 Å². The molecule has 1 aliphatic rings. The van der Waals surface area contributed by atoms with E-state index in [2.05, 4.69) is 20.2 Å². The van der Waals surface area contributed by atoms with Crippen molar-refractivity contribution in [2.45, 2.75) is 31.7 Å². The van der Waals surface area contributed by atoms with Crippen LogP contribution in [-0.4, -0.2) is 56.5 Å². The molecule has 1 aliphatic carbocycles. The van der Waals surface area contributed by atoms with E-state index in [1.165, 1.54) is 25.7 Å². The van der Waals surface area contributed by atoms with Crippen LogP contribution in [-0.2, 0) is 9.47 Å². The molecule has 0 aliphatic heterocycles. The maximum absolute atomic E-state index is 6.29. The van der Waals surface area contributed by atoms with Gasteiger partial charge in [-0.2, -0.15) is 0 Å². The fourth-order valence-corrected chi connectivity index (χ4v) is 2.74. The highest BCUT2D eigenvalue weighted by atomic mass is 16.5. The second kappa shape index (κ2) is 8.75. The molecular weight excluding hydrogens is 282 g/mol. The highest BCUT2D eigenvalue weighted by Gasteiger charge is 2.19. The van der Waals surface area contributed by atoms with Crippen LogP contribution >= 0.6 is 0 Å². The van der Waals surface area contributed by atoms with Crippen LogP contribution in [0.15, 0.2) is 6.33 Å². The smallest absolute Gasteiger partial charge is 0.157 e. The SMILES string of the molecule is COCCN(CCOC)c1ncnc(NC2CCCC2)c1N. The highest BCUT2D eigenvalue weighted by Crippen LogP contribution is 2.29. The Morgan fingerprint density at radius 3 is 2.41 bits per heavy atom. The summed E-state index contributed by atoms with van der Waals surface area (Å²) in [5.41, 5.74) is 6.89. The number of ether oxygens (including phenoxy) is 2. The van der Waals surface area contributed by atoms with Crippen LogP contribution in [0.2, 0.25) is 0 Å². The van der Waals surface area contributed by atoms with Gasteiger partial charge in [0.25, 0.3) is 0 Å². The van der Waals surface area contributed by atoms with Crippen molar-refractivity contribution in [3.63, 3.8) is 0 Å². The summed E-state index contributed by atoms with van der Waals surface area (Å²) < 4.78 is 10.3. The van der Waals surface area contributed by atoms with Crippen molar-refractivity contribution < 1.29 is 9.47 Å². The molecule has 1 aromatic rings. The normalized spacial score (nSPS) is 15.2. The van der Waals surface area contributed by atoms with Crippen LogP contribution in [0.3, 0.4) is 0 Å². The zero-order valence-electron chi connectivity index (χ0n) is 13.5.